The largest absolute Gasteiger partial charge is 0.481 e. The van der Waals surface area contributed by atoms with Gasteiger partial charge in [-0.25, -0.2) is 0 Å². The first kappa shape index (κ1) is 43.7. The van der Waals surface area contributed by atoms with Gasteiger partial charge in [0.2, 0.25) is 5.91 Å². The van der Waals surface area contributed by atoms with Crippen LogP contribution in [0, 0.1) is 28.1 Å². The second-order valence-electron chi connectivity index (χ2n) is 16.5. The highest BCUT2D eigenvalue weighted by molar-refractivity contribution is 5.88. The molecule has 4 fully saturated rings. The molecular formula is C41H70N2O9. The molecule has 0 aromatic carbocycles. The number of aliphatic carboxylic acids is 2. The van der Waals surface area contributed by atoms with Crippen molar-refractivity contribution in [3.05, 3.63) is 0 Å². The van der Waals surface area contributed by atoms with Gasteiger partial charge in [-0.2, -0.15) is 0 Å². The molecule has 4 rings (SSSR count). The van der Waals surface area contributed by atoms with Crippen LogP contribution in [-0.2, 0) is 33.4 Å². The van der Waals surface area contributed by atoms with E-state index in [4.69, 9.17) is 15.2 Å². The summed E-state index contributed by atoms with van der Waals surface area (Å²) in [6, 6.07) is 0. The summed E-state index contributed by atoms with van der Waals surface area (Å²) in [5, 5.41) is 20.7. The fourth-order valence-electron chi connectivity index (χ4n) is 10.0. The summed E-state index contributed by atoms with van der Waals surface area (Å²) in [7, 11) is 0. The predicted octanol–water partition coefficient (Wildman–Crippen LogP) is 7.66. The normalized spacial score (nSPS) is 26.1. The number of ether oxygens (including phenoxy) is 2. The Labute approximate surface area is 312 Å². The molecule has 4 aliphatic carbocycles. The molecule has 0 aromatic rings. The van der Waals surface area contributed by atoms with Gasteiger partial charge in [0.1, 0.15) is 0 Å². The molecular weight excluding hydrogens is 664 g/mol. The second kappa shape index (κ2) is 21.9. The molecule has 1 amide bonds. The fourth-order valence-corrected chi connectivity index (χ4v) is 10.0. The molecule has 11 heteroatoms. The van der Waals surface area contributed by atoms with E-state index in [0.717, 1.165) is 122 Å². The van der Waals surface area contributed by atoms with Crippen molar-refractivity contribution >= 4 is 29.8 Å². The van der Waals surface area contributed by atoms with E-state index in [0.29, 0.717) is 51.7 Å². The minimum atomic E-state index is -1.22. The van der Waals surface area contributed by atoms with Gasteiger partial charge in [-0.3, -0.25) is 24.0 Å². The number of hydrogen-bond donors (Lipinski definition) is 3. The first-order chi connectivity index (χ1) is 24.9. The van der Waals surface area contributed by atoms with Crippen molar-refractivity contribution in [1.82, 2.24) is 4.90 Å². The molecule has 4 saturated carbocycles. The standard InChI is InChI=1S/C41H70N2O9/c1-3-5-7-17-25-51-34(44)20-12-15-23-43(24-16-13-21-35(45)52-26-18-8-6-4-2)22-14-10-9-11-19-33-40(36(42)46)28-32-27-39(30-40,37(47)48)31-41(33,29-32)38(49)50/h32-33H,3-31H2,1-2H3,(H2,42,46)(H,47,48)(H,49,50). The van der Waals surface area contributed by atoms with Crippen molar-refractivity contribution in [1.29, 1.82) is 0 Å². The van der Waals surface area contributed by atoms with Gasteiger partial charge in [0, 0.05) is 12.8 Å². The van der Waals surface area contributed by atoms with Crippen molar-refractivity contribution in [2.24, 2.45) is 33.8 Å². The monoisotopic (exact) mass is 735 g/mol. The molecule has 52 heavy (non-hydrogen) atoms. The van der Waals surface area contributed by atoms with Gasteiger partial charge < -0.3 is 30.3 Å². The summed E-state index contributed by atoms with van der Waals surface area (Å²) in [6.45, 7) is 7.92. The Balaban J connectivity index is 1.46. The third-order valence-electron chi connectivity index (χ3n) is 12.4. The summed E-state index contributed by atoms with van der Waals surface area (Å²) >= 11 is 0. The SMILES string of the molecule is CCCCCCOC(=O)CCCCN(CCCCCCC1C2(C(N)=O)CC3CC(C(=O)O)(C2)CC1(C(=O)O)C3)CCCCC(=O)OCCCCCC. The van der Waals surface area contributed by atoms with E-state index in [1.807, 2.05) is 0 Å². The number of amides is 1. The summed E-state index contributed by atoms with van der Waals surface area (Å²) in [6.07, 6.45) is 18.5. The van der Waals surface area contributed by atoms with Crippen molar-refractivity contribution in [2.45, 2.75) is 168 Å². The van der Waals surface area contributed by atoms with Crippen LogP contribution in [0.1, 0.15) is 168 Å². The van der Waals surface area contributed by atoms with Gasteiger partial charge in [0.15, 0.2) is 0 Å². The number of carbonyl (C=O) groups excluding carboxylic acids is 3. The zero-order valence-electron chi connectivity index (χ0n) is 32.4. The second-order valence-corrected chi connectivity index (χ2v) is 16.5. The van der Waals surface area contributed by atoms with E-state index in [9.17, 15) is 34.2 Å². The number of esters is 2. The van der Waals surface area contributed by atoms with E-state index >= 15 is 0 Å². The Morgan fingerprint density at radius 2 is 1.10 bits per heavy atom. The minimum absolute atomic E-state index is 0.0865. The third-order valence-corrected chi connectivity index (χ3v) is 12.4. The van der Waals surface area contributed by atoms with E-state index in [-0.39, 0.29) is 30.7 Å². The first-order valence-electron chi connectivity index (χ1n) is 20.7. The van der Waals surface area contributed by atoms with Crippen LogP contribution in [0.15, 0.2) is 0 Å². The van der Waals surface area contributed by atoms with Crippen LogP contribution in [-0.4, -0.2) is 77.7 Å². The molecule has 4 bridgehead atoms. The topological polar surface area (TPSA) is 174 Å². The van der Waals surface area contributed by atoms with Crippen LogP contribution in [0.25, 0.3) is 0 Å². The number of carboxylic acid groups (broad SMARTS) is 2. The third kappa shape index (κ3) is 12.2. The van der Waals surface area contributed by atoms with E-state index in [1.54, 1.807) is 0 Å². The minimum Gasteiger partial charge on any atom is -0.481 e. The molecule has 4 N–H and O–H groups in total. The molecule has 0 aliphatic heterocycles. The summed E-state index contributed by atoms with van der Waals surface area (Å²) < 4.78 is 10.8. The first-order valence-corrected chi connectivity index (χ1v) is 20.7. The highest BCUT2D eigenvalue weighted by atomic mass is 16.5. The van der Waals surface area contributed by atoms with Gasteiger partial charge in [-0.1, -0.05) is 71.6 Å². The number of primary amides is 1. The average Bonchev–Trinajstić information content (AvgIpc) is 3.09. The van der Waals surface area contributed by atoms with Gasteiger partial charge in [-0.05, 0) is 115 Å². The van der Waals surface area contributed by atoms with Gasteiger partial charge in [0.05, 0.1) is 29.5 Å². The Hall–Kier alpha value is -2.69. The maximum atomic E-state index is 13.0. The Morgan fingerprint density at radius 1 is 0.615 bits per heavy atom. The lowest BCUT2D eigenvalue weighted by Crippen LogP contribution is -2.69. The number of nitrogens with zero attached hydrogens (tertiary/aromatic N) is 1. The van der Waals surface area contributed by atoms with Crippen molar-refractivity contribution in [3.8, 4) is 0 Å². The molecule has 5 unspecified atom stereocenters. The molecule has 11 nitrogen and oxygen atoms in total. The number of unbranched alkanes of at least 4 members (excludes halogenated alkanes) is 11. The molecule has 5 atom stereocenters. The number of rotatable bonds is 30. The summed E-state index contributed by atoms with van der Waals surface area (Å²) in [5.41, 5.74) is 2.54. The number of carboxylic acids is 2. The molecule has 0 aromatic heterocycles. The van der Waals surface area contributed by atoms with Crippen molar-refractivity contribution in [3.63, 3.8) is 0 Å². The summed E-state index contributed by atoms with van der Waals surface area (Å²) in [4.78, 5) is 65.1. The Kier molecular flexibility index (Phi) is 18.4. The molecule has 0 spiro atoms. The number of carbonyl (C=O) groups is 5. The number of nitrogens with two attached hydrogens (primary N) is 1. The molecule has 298 valence electrons. The van der Waals surface area contributed by atoms with Crippen molar-refractivity contribution in [2.75, 3.05) is 32.8 Å². The maximum Gasteiger partial charge on any atom is 0.309 e. The van der Waals surface area contributed by atoms with Crippen LogP contribution >= 0.6 is 0 Å². The zero-order valence-corrected chi connectivity index (χ0v) is 32.4. The predicted molar refractivity (Wildman–Crippen MR) is 199 cm³/mol. The molecule has 0 radical (unpaired) electrons. The summed E-state index contributed by atoms with van der Waals surface area (Å²) in [5.74, 6) is -3.31. The average molecular weight is 735 g/mol. The maximum absolute atomic E-state index is 13.0. The van der Waals surface area contributed by atoms with Gasteiger partial charge in [0.25, 0.3) is 0 Å². The van der Waals surface area contributed by atoms with E-state index in [1.165, 1.54) is 0 Å². The Bertz CT molecular complexity index is 1090. The lowest BCUT2D eigenvalue weighted by Gasteiger charge is -2.66. The lowest BCUT2D eigenvalue weighted by molar-refractivity contribution is -0.223. The zero-order chi connectivity index (χ0) is 38.0. The van der Waals surface area contributed by atoms with Crippen molar-refractivity contribution < 1.29 is 43.7 Å². The molecule has 0 heterocycles. The van der Waals surface area contributed by atoms with Crippen LogP contribution in [0.4, 0.5) is 0 Å². The van der Waals surface area contributed by atoms with Crippen LogP contribution in [0.5, 0.6) is 0 Å². The van der Waals surface area contributed by atoms with Crippen LogP contribution in [0.3, 0.4) is 0 Å². The highest BCUT2D eigenvalue weighted by Crippen LogP contribution is 2.73. The Morgan fingerprint density at radius 3 is 1.60 bits per heavy atom. The van der Waals surface area contributed by atoms with E-state index < -0.39 is 40.0 Å². The van der Waals surface area contributed by atoms with E-state index in [2.05, 4.69) is 18.7 Å². The number of hydrogen-bond acceptors (Lipinski definition) is 8. The van der Waals surface area contributed by atoms with Gasteiger partial charge in [-0.15, -0.1) is 0 Å². The smallest absolute Gasteiger partial charge is 0.309 e. The highest BCUT2D eigenvalue weighted by Gasteiger charge is 2.74. The van der Waals surface area contributed by atoms with Crippen LogP contribution < -0.4 is 5.73 Å². The molecule has 0 saturated heterocycles. The quantitative estimate of drug-likeness (QED) is 0.0491. The lowest BCUT2D eigenvalue weighted by atomic mass is 9.35. The molecule has 4 aliphatic rings. The van der Waals surface area contributed by atoms with Gasteiger partial charge >= 0.3 is 23.9 Å². The fraction of sp³-hybridized carbons (Fsp3) is 0.878. The van der Waals surface area contributed by atoms with Crippen LogP contribution in [0.2, 0.25) is 0 Å².